The van der Waals surface area contributed by atoms with E-state index in [0.29, 0.717) is 30.3 Å². The van der Waals surface area contributed by atoms with Gasteiger partial charge in [-0.1, -0.05) is 0 Å². The van der Waals surface area contributed by atoms with Crippen molar-refractivity contribution in [1.82, 2.24) is 34.4 Å². The van der Waals surface area contributed by atoms with Crippen molar-refractivity contribution in [1.29, 1.82) is 0 Å². The zero-order valence-electron chi connectivity index (χ0n) is 18.9. The third-order valence-electron chi connectivity index (χ3n) is 6.25. The van der Waals surface area contributed by atoms with Crippen LogP contribution in [0.15, 0.2) is 36.8 Å². The number of aromatic nitrogens is 6. The molecule has 1 aliphatic rings. The topological polar surface area (TPSA) is 117 Å². The summed E-state index contributed by atoms with van der Waals surface area (Å²) in [7, 11) is 5.56. The summed E-state index contributed by atoms with van der Waals surface area (Å²) in [6.07, 6.45) is 6.10. The first-order valence-corrected chi connectivity index (χ1v) is 11.6. The lowest BCUT2D eigenvalue weighted by molar-refractivity contribution is 0.0689. The largest absolute Gasteiger partial charge is 0.477 e. The fourth-order valence-corrected chi connectivity index (χ4v) is 5.65. The fraction of sp³-hybridized carbons (Fsp3) is 0.261. The van der Waals surface area contributed by atoms with E-state index < -0.39 is 0 Å². The number of benzene rings is 1. The summed E-state index contributed by atoms with van der Waals surface area (Å²) in [5.74, 6) is 0.939. The van der Waals surface area contributed by atoms with Crippen molar-refractivity contribution in [3.05, 3.63) is 47.2 Å². The van der Waals surface area contributed by atoms with Crippen LogP contribution in [0.5, 0.6) is 5.88 Å². The second kappa shape index (κ2) is 7.52. The number of aryl methyl sites for hydroxylation is 2. The summed E-state index contributed by atoms with van der Waals surface area (Å²) in [5.41, 5.74) is 9.20. The maximum Gasteiger partial charge on any atom is 0.254 e. The van der Waals surface area contributed by atoms with E-state index in [0.717, 1.165) is 37.3 Å². The molecule has 0 radical (unpaired) electrons. The molecule has 1 amide bonds. The number of hydrogen-bond acceptors (Lipinski definition) is 8. The molecule has 11 heteroatoms. The highest BCUT2D eigenvalue weighted by Crippen LogP contribution is 2.43. The number of fused-ring (bicyclic) bond motifs is 4. The molecule has 0 saturated heterocycles. The molecule has 0 spiro atoms. The third-order valence-corrected chi connectivity index (χ3v) is 7.43. The molecule has 0 aliphatic carbocycles. The Kier molecular flexibility index (Phi) is 4.56. The van der Waals surface area contributed by atoms with Crippen molar-refractivity contribution < 1.29 is 9.53 Å². The number of thiazole rings is 1. The van der Waals surface area contributed by atoms with Crippen molar-refractivity contribution in [2.24, 2.45) is 14.1 Å². The maximum absolute atomic E-state index is 13.6. The van der Waals surface area contributed by atoms with Gasteiger partial charge in [-0.15, -0.1) is 11.3 Å². The van der Waals surface area contributed by atoms with Gasteiger partial charge in [-0.3, -0.25) is 14.2 Å². The van der Waals surface area contributed by atoms with Gasteiger partial charge in [-0.25, -0.2) is 9.97 Å². The van der Waals surface area contributed by atoms with Crippen LogP contribution in [-0.4, -0.2) is 54.0 Å². The van der Waals surface area contributed by atoms with E-state index in [4.69, 9.17) is 10.5 Å². The minimum absolute atomic E-state index is 0.0804. The van der Waals surface area contributed by atoms with Crippen LogP contribution in [0.25, 0.3) is 32.4 Å². The van der Waals surface area contributed by atoms with Crippen LogP contribution in [0, 0.1) is 0 Å². The number of rotatable bonds is 3. The van der Waals surface area contributed by atoms with E-state index >= 15 is 0 Å². The molecule has 34 heavy (non-hydrogen) atoms. The smallest absolute Gasteiger partial charge is 0.254 e. The number of hydrogen-bond donors (Lipinski definition) is 1. The maximum atomic E-state index is 13.6. The Morgan fingerprint density at radius 1 is 1.21 bits per heavy atom. The highest BCUT2D eigenvalue weighted by Gasteiger charge is 2.32. The molecule has 172 valence electrons. The van der Waals surface area contributed by atoms with E-state index in [1.54, 1.807) is 44.1 Å². The monoisotopic (exact) mass is 474 g/mol. The van der Waals surface area contributed by atoms with Crippen LogP contribution < -0.4 is 10.5 Å². The number of nitrogens with two attached hydrogens (primary N) is 1. The SMILES string of the molecule is CN(C(=O)c1ccc2nc(N)c3cnn(C)c3c2c1)C1CCOc2nc(-c3cnn(C)c3)sc21. The van der Waals surface area contributed by atoms with Crippen LogP contribution >= 0.6 is 11.3 Å². The first-order chi connectivity index (χ1) is 16.4. The average Bonchev–Trinajstić information content (AvgIpc) is 3.56. The Bertz CT molecular complexity index is 1580. The first kappa shape index (κ1) is 20.6. The number of anilines is 1. The number of nitrogens with zero attached hydrogens (tertiary/aromatic N) is 7. The van der Waals surface area contributed by atoms with Gasteiger partial charge in [0.15, 0.2) is 0 Å². The van der Waals surface area contributed by atoms with Gasteiger partial charge >= 0.3 is 0 Å². The van der Waals surface area contributed by atoms with Crippen molar-refractivity contribution >= 4 is 44.9 Å². The molecule has 0 fully saturated rings. The molecule has 0 bridgehead atoms. The summed E-state index contributed by atoms with van der Waals surface area (Å²) in [5, 5.41) is 11.0. The highest BCUT2D eigenvalue weighted by molar-refractivity contribution is 7.15. The van der Waals surface area contributed by atoms with Crippen LogP contribution in [0.1, 0.15) is 27.7 Å². The zero-order valence-corrected chi connectivity index (χ0v) is 19.7. The second-order valence-corrected chi connectivity index (χ2v) is 9.45. The molecule has 1 atom stereocenters. The van der Waals surface area contributed by atoms with Gasteiger partial charge in [-0.2, -0.15) is 10.2 Å². The quantitative estimate of drug-likeness (QED) is 0.427. The van der Waals surface area contributed by atoms with E-state index in [9.17, 15) is 4.79 Å². The normalized spacial score (nSPS) is 15.4. The van der Waals surface area contributed by atoms with Crippen molar-refractivity contribution in [3.63, 3.8) is 0 Å². The fourth-order valence-electron chi connectivity index (χ4n) is 4.49. The summed E-state index contributed by atoms with van der Waals surface area (Å²) >= 11 is 1.54. The Morgan fingerprint density at radius 2 is 2.06 bits per heavy atom. The summed E-state index contributed by atoms with van der Waals surface area (Å²) in [6, 6.07) is 5.38. The molecule has 5 heterocycles. The van der Waals surface area contributed by atoms with Gasteiger partial charge in [0.2, 0.25) is 5.88 Å². The molecule has 2 N–H and O–H groups in total. The standard InChI is InChI=1S/C23H22N8O2S/c1-29-11-13(9-25-29)22-28-21-19(34-22)17(6-7-33-21)30(2)23(32)12-4-5-16-14(8-12)18-15(20(24)27-16)10-26-31(18)3/h4-5,8-11,17H,6-7H2,1-3H3,(H2,24,27). The number of nitrogen functional groups attached to an aromatic ring is 1. The Morgan fingerprint density at radius 3 is 2.85 bits per heavy atom. The Labute approximate surface area is 198 Å². The highest BCUT2D eigenvalue weighted by atomic mass is 32.1. The van der Waals surface area contributed by atoms with Crippen molar-refractivity contribution in [2.75, 3.05) is 19.4 Å². The molecule has 5 aromatic rings. The number of amides is 1. The lowest BCUT2D eigenvalue weighted by Gasteiger charge is -2.30. The summed E-state index contributed by atoms with van der Waals surface area (Å²) in [4.78, 5) is 25.5. The molecule has 0 saturated carbocycles. The lowest BCUT2D eigenvalue weighted by atomic mass is 10.1. The van der Waals surface area contributed by atoms with Gasteiger partial charge < -0.3 is 15.4 Å². The van der Waals surface area contributed by atoms with Crippen LogP contribution in [0.3, 0.4) is 0 Å². The van der Waals surface area contributed by atoms with Gasteiger partial charge in [0.25, 0.3) is 5.91 Å². The Balaban J connectivity index is 1.37. The molecule has 1 aliphatic heterocycles. The number of carbonyl (C=O) groups excluding carboxylic acids is 1. The predicted octanol–water partition coefficient (Wildman–Crippen LogP) is 3.16. The molecule has 6 rings (SSSR count). The van der Waals surface area contributed by atoms with Gasteiger partial charge in [0.05, 0.1) is 46.3 Å². The molecule has 4 aromatic heterocycles. The Hall–Kier alpha value is -3.99. The minimum Gasteiger partial charge on any atom is -0.477 e. The minimum atomic E-state index is -0.129. The zero-order chi connectivity index (χ0) is 23.6. The first-order valence-electron chi connectivity index (χ1n) is 10.8. The lowest BCUT2D eigenvalue weighted by Crippen LogP contribution is -2.33. The molecular weight excluding hydrogens is 452 g/mol. The second-order valence-electron chi connectivity index (χ2n) is 8.42. The number of ether oxygens (including phenoxy) is 1. The van der Waals surface area contributed by atoms with Crippen molar-refractivity contribution in [3.8, 4) is 16.5 Å². The number of carbonyl (C=O) groups is 1. The predicted molar refractivity (Wildman–Crippen MR) is 130 cm³/mol. The van der Waals surface area contributed by atoms with E-state index in [1.165, 1.54) is 0 Å². The summed E-state index contributed by atoms with van der Waals surface area (Å²) < 4.78 is 9.32. The molecule has 1 unspecified atom stereocenters. The van der Waals surface area contributed by atoms with Crippen molar-refractivity contribution in [2.45, 2.75) is 12.5 Å². The van der Waals surface area contributed by atoms with E-state index in [-0.39, 0.29) is 11.9 Å². The van der Waals surface area contributed by atoms with Gasteiger partial charge in [-0.05, 0) is 18.2 Å². The van der Waals surface area contributed by atoms with E-state index in [1.807, 2.05) is 39.5 Å². The number of pyridine rings is 1. The van der Waals surface area contributed by atoms with Gasteiger partial charge in [0, 0.05) is 50.3 Å². The third kappa shape index (κ3) is 3.11. The van der Waals surface area contributed by atoms with Gasteiger partial charge in [0.1, 0.15) is 10.8 Å². The van der Waals surface area contributed by atoms with Crippen LogP contribution in [0.2, 0.25) is 0 Å². The molecular formula is C23H22N8O2S. The summed E-state index contributed by atoms with van der Waals surface area (Å²) in [6.45, 7) is 0.502. The molecule has 10 nitrogen and oxygen atoms in total. The van der Waals surface area contributed by atoms with Crippen LogP contribution in [-0.2, 0) is 14.1 Å². The molecule has 1 aromatic carbocycles. The average molecular weight is 475 g/mol. The van der Waals surface area contributed by atoms with E-state index in [2.05, 4.69) is 20.2 Å². The van der Waals surface area contributed by atoms with Crippen LogP contribution in [0.4, 0.5) is 5.82 Å².